The first kappa shape index (κ1) is 15.0. The Morgan fingerprint density at radius 2 is 2.11 bits per heavy atom. The molecule has 1 heterocycles. The molecule has 0 radical (unpaired) electrons. The molecule has 2 nitrogen and oxygen atoms in total. The van der Waals surface area contributed by atoms with Crippen LogP contribution in [0.2, 0.25) is 0 Å². The van der Waals surface area contributed by atoms with Crippen LogP contribution in [0.15, 0.2) is 28.7 Å². The van der Waals surface area contributed by atoms with Crippen molar-refractivity contribution in [3.8, 4) is 0 Å². The number of ether oxygens (including phenoxy) is 1. The average molecular weight is 326 g/mol. The number of hydrogen-bond donors (Lipinski definition) is 1. The topological polar surface area (TPSA) is 21.3 Å². The summed E-state index contributed by atoms with van der Waals surface area (Å²) in [5.74, 6) is 0.603. The van der Waals surface area contributed by atoms with Crippen molar-refractivity contribution in [2.75, 3.05) is 6.61 Å². The maximum absolute atomic E-state index is 5.83. The van der Waals surface area contributed by atoms with Crippen LogP contribution >= 0.6 is 15.9 Å². The third kappa shape index (κ3) is 4.30. The van der Waals surface area contributed by atoms with Crippen molar-refractivity contribution in [1.29, 1.82) is 0 Å². The molecule has 1 fully saturated rings. The van der Waals surface area contributed by atoms with Gasteiger partial charge in [0.15, 0.2) is 0 Å². The molecule has 106 valence electrons. The molecule has 0 spiro atoms. The molecule has 0 aromatic heterocycles. The molecule has 1 aliphatic rings. The van der Waals surface area contributed by atoms with Gasteiger partial charge in [0.1, 0.15) is 0 Å². The Bertz CT molecular complexity index is 407. The second-order valence-corrected chi connectivity index (χ2v) is 6.73. The van der Waals surface area contributed by atoms with E-state index in [0.717, 1.165) is 23.9 Å². The number of hydrogen-bond acceptors (Lipinski definition) is 2. The first-order chi connectivity index (χ1) is 9.06. The van der Waals surface area contributed by atoms with Crippen molar-refractivity contribution in [2.45, 2.75) is 51.8 Å². The lowest BCUT2D eigenvalue weighted by Crippen LogP contribution is -2.41. The van der Waals surface area contributed by atoms with Gasteiger partial charge in [-0.15, -0.1) is 0 Å². The van der Waals surface area contributed by atoms with Gasteiger partial charge in [-0.25, -0.2) is 0 Å². The Kier molecular flexibility index (Phi) is 5.43. The summed E-state index contributed by atoms with van der Waals surface area (Å²) in [7, 11) is 0. The van der Waals surface area contributed by atoms with Crippen LogP contribution in [0.1, 0.15) is 45.2 Å². The largest absolute Gasteiger partial charge is 0.378 e. The number of benzene rings is 1. The molecule has 0 bridgehead atoms. The predicted molar refractivity (Wildman–Crippen MR) is 83.3 cm³/mol. The smallest absolute Gasteiger partial charge is 0.0612 e. The second-order valence-electron chi connectivity index (χ2n) is 5.82. The molecular weight excluding hydrogens is 302 g/mol. The molecule has 0 aliphatic carbocycles. The fourth-order valence-corrected chi connectivity index (χ4v) is 3.09. The fraction of sp³-hybridized carbons (Fsp3) is 0.625. The number of nitrogens with one attached hydrogen (secondary N) is 1. The van der Waals surface area contributed by atoms with E-state index in [0.29, 0.717) is 24.1 Å². The molecule has 3 heteroatoms. The summed E-state index contributed by atoms with van der Waals surface area (Å²) < 4.78 is 6.97. The first-order valence-corrected chi connectivity index (χ1v) is 7.98. The van der Waals surface area contributed by atoms with Crippen molar-refractivity contribution in [2.24, 2.45) is 5.92 Å². The molecule has 3 atom stereocenters. The predicted octanol–water partition coefficient (Wildman–Crippen LogP) is 4.30. The van der Waals surface area contributed by atoms with E-state index in [1.807, 2.05) is 0 Å². The monoisotopic (exact) mass is 325 g/mol. The lowest BCUT2D eigenvalue weighted by molar-refractivity contribution is -0.0257. The molecule has 1 aliphatic heterocycles. The maximum Gasteiger partial charge on any atom is 0.0612 e. The van der Waals surface area contributed by atoms with Gasteiger partial charge in [0.25, 0.3) is 0 Å². The van der Waals surface area contributed by atoms with Crippen LogP contribution in [0.5, 0.6) is 0 Å². The Balaban J connectivity index is 1.93. The van der Waals surface area contributed by atoms with Crippen molar-refractivity contribution < 1.29 is 4.74 Å². The second kappa shape index (κ2) is 6.87. The van der Waals surface area contributed by atoms with Gasteiger partial charge >= 0.3 is 0 Å². The quantitative estimate of drug-likeness (QED) is 0.890. The summed E-state index contributed by atoms with van der Waals surface area (Å²) in [4.78, 5) is 0. The van der Waals surface area contributed by atoms with Crippen molar-refractivity contribution in [3.63, 3.8) is 0 Å². The average Bonchev–Trinajstić information content (AvgIpc) is 2.39. The van der Waals surface area contributed by atoms with E-state index in [-0.39, 0.29) is 0 Å². The van der Waals surface area contributed by atoms with Gasteiger partial charge in [-0.3, -0.25) is 0 Å². The van der Waals surface area contributed by atoms with E-state index in [9.17, 15) is 0 Å². The highest BCUT2D eigenvalue weighted by Gasteiger charge is 2.25. The summed E-state index contributed by atoms with van der Waals surface area (Å²) in [5, 5.41) is 3.75. The van der Waals surface area contributed by atoms with E-state index in [1.54, 1.807) is 0 Å². The van der Waals surface area contributed by atoms with E-state index < -0.39 is 0 Å². The van der Waals surface area contributed by atoms with Gasteiger partial charge in [0, 0.05) is 23.2 Å². The van der Waals surface area contributed by atoms with E-state index in [2.05, 4.69) is 66.3 Å². The van der Waals surface area contributed by atoms with Crippen LogP contribution < -0.4 is 5.32 Å². The highest BCUT2D eigenvalue weighted by atomic mass is 79.9. The third-order valence-corrected chi connectivity index (χ3v) is 4.39. The molecule has 0 saturated carbocycles. The zero-order valence-electron chi connectivity index (χ0n) is 12.0. The minimum Gasteiger partial charge on any atom is -0.378 e. The van der Waals surface area contributed by atoms with Gasteiger partial charge in [-0.2, -0.15) is 0 Å². The Morgan fingerprint density at radius 1 is 1.32 bits per heavy atom. The van der Waals surface area contributed by atoms with E-state index >= 15 is 0 Å². The summed E-state index contributed by atoms with van der Waals surface area (Å²) in [6.45, 7) is 7.60. The SMILES string of the molecule is CC(NC1CCOC(C(C)C)C1)c1cccc(Br)c1. The number of halogens is 1. The molecule has 19 heavy (non-hydrogen) atoms. The van der Waals surface area contributed by atoms with Crippen molar-refractivity contribution in [1.82, 2.24) is 5.32 Å². The van der Waals surface area contributed by atoms with E-state index in [1.165, 1.54) is 5.56 Å². The Labute approximate surface area is 125 Å². The number of rotatable bonds is 4. The maximum atomic E-state index is 5.83. The summed E-state index contributed by atoms with van der Waals surface area (Å²) in [5.41, 5.74) is 1.34. The van der Waals surface area contributed by atoms with Crippen molar-refractivity contribution in [3.05, 3.63) is 34.3 Å². The standard InChI is InChI=1S/C16H24BrNO/c1-11(2)16-10-15(7-8-19-16)18-12(3)13-5-4-6-14(17)9-13/h4-6,9,11-12,15-16,18H,7-8,10H2,1-3H3. The van der Waals surface area contributed by atoms with Crippen LogP contribution in [0.3, 0.4) is 0 Å². The van der Waals surface area contributed by atoms with E-state index in [4.69, 9.17) is 4.74 Å². The fourth-order valence-electron chi connectivity index (χ4n) is 2.67. The summed E-state index contributed by atoms with van der Waals surface area (Å²) in [6, 6.07) is 9.49. The molecule has 1 saturated heterocycles. The highest BCUT2D eigenvalue weighted by molar-refractivity contribution is 9.10. The highest BCUT2D eigenvalue weighted by Crippen LogP contribution is 2.24. The normalized spacial score (nSPS) is 25.5. The zero-order valence-corrected chi connectivity index (χ0v) is 13.6. The zero-order chi connectivity index (χ0) is 13.8. The molecule has 3 unspecified atom stereocenters. The van der Waals surface area contributed by atoms with Crippen LogP contribution in [0.4, 0.5) is 0 Å². The Hall–Kier alpha value is -0.380. The molecule has 1 aromatic carbocycles. The first-order valence-electron chi connectivity index (χ1n) is 7.19. The lowest BCUT2D eigenvalue weighted by atomic mass is 9.94. The summed E-state index contributed by atoms with van der Waals surface area (Å²) in [6.07, 6.45) is 2.64. The van der Waals surface area contributed by atoms with Gasteiger partial charge in [-0.1, -0.05) is 41.9 Å². The molecule has 1 N–H and O–H groups in total. The van der Waals surface area contributed by atoms with Crippen LogP contribution in [0, 0.1) is 5.92 Å². The van der Waals surface area contributed by atoms with Gasteiger partial charge < -0.3 is 10.1 Å². The third-order valence-electron chi connectivity index (χ3n) is 3.89. The molecular formula is C16H24BrNO. The molecule has 2 rings (SSSR count). The lowest BCUT2D eigenvalue weighted by Gasteiger charge is -2.34. The summed E-state index contributed by atoms with van der Waals surface area (Å²) >= 11 is 3.54. The Morgan fingerprint density at radius 3 is 2.79 bits per heavy atom. The van der Waals surface area contributed by atoms with Gasteiger partial charge in [0.2, 0.25) is 0 Å². The molecule has 0 amide bonds. The minimum atomic E-state index is 0.383. The van der Waals surface area contributed by atoms with Crippen molar-refractivity contribution >= 4 is 15.9 Å². The van der Waals surface area contributed by atoms with Gasteiger partial charge in [-0.05, 0) is 43.4 Å². The van der Waals surface area contributed by atoms with Crippen LogP contribution in [-0.2, 0) is 4.74 Å². The molecule has 1 aromatic rings. The van der Waals surface area contributed by atoms with Crippen LogP contribution in [-0.4, -0.2) is 18.8 Å². The van der Waals surface area contributed by atoms with Gasteiger partial charge in [0.05, 0.1) is 6.10 Å². The van der Waals surface area contributed by atoms with Crippen LogP contribution in [0.25, 0.3) is 0 Å². The minimum absolute atomic E-state index is 0.383.